The summed E-state index contributed by atoms with van der Waals surface area (Å²) in [5, 5.41) is 0.790. The minimum Gasteiger partial charge on any atom is -0.297 e. The van der Waals surface area contributed by atoms with Crippen molar-refractivity contribution in [3.05, 3.63) is 106 Å². The highest BCUT2D eigenvalue weighted by atomic mass is 35.5. The molecule has 0 N–H and O–H groups in total. The van der Waals surface area contributed by atoms with Gasteiger partial charge in [0.15, 0.2) is 0 Å². The van der Waals surface area contributed by atoms with E-state index in [0.29, 0.717) is 0 Å². The molecular weight excluding hydrogens is 435 g/mol. The van der Waals surface area contributed by atoms with Crippen LogP contribution in [0.2, 0.25) is 5.02 Å². The van der Waals surface area contributed by atoms with Crippen LogP contribution in [0.15, 0.2) is 78.9 Å². The van der Waals surface area contributed by atoms with Crippen LogP contribution in [0.3, 0.4) is 0 Å². The first kappa shape index (κ1) is 24.7. The zero-order valence-corrected chi connectivity index (χ0v) is 19.6. The van der Waals surface area contributed by atoms with E-state index in [2.05, 4.69) is 83.5 Å². The number of rotatable bonds is 5. The highest BCUT2D eigenvalue weighted by Crippen LogP contribution is 2.30. The summed E-state index contributed by atoms with van der Waals surface area (Å²) in [6.45, 7) is 7.50. The average Bonchev–Trinajstić information content (AvgIpc) is 2.72. The molecule has 3 aromatic carbocycles. The number of hydrogen-bond acceptors (Lipinski definition) is 2. The van der Waals surface area contributed by atoms with Crippen molar-refractivity contribution in [3.63, 3.8) is 0 Å². The van der Waals surface area contributed by atoms with Gasteiger partial charge in [-0.25, -0.2) is 0 Å². The molecule has 3 aromatic rings. The zero-order chi connectivity index (χ0) is 19.3. The molecule has 0 radical (unpaired) electrons. The second-order valence-electron chi connectivity index (χ2n) is 7.67. The topological polar surface area (TPSA) is 6.48 Å². The van der Waals surface area contributed by atoms with Gasteiger partial charge in [0.2, 0.25) is 0 Å². The fourth-order valence-corrected chi connectivity index (χ4v) is 4.27. The van der Waals surface area contributed by atoms with E-state index >= 15 is 0 Å². The van der Waals surface area contributed by atoms with Crippen LogP contribution in [-0.2, 0) is 6.54 Å². The molecule has 1 fully saturated rings. The van der Waals surface area contributed by atoms with Crippen molar-refractivity contribution in [2.75, 3.05) is 26.2 Å². The lowest BCUT2D eigenvalue weighted by Gasteiger charge is -2.40. The average molecular weight is 464 g/mol. The zero-order valence-electron chi connectivity index (χ0n) is 17.2. The Balaban J connectivity index is 0.00000160. The van der Waals surface area contributed by atoms with Crippen molar-refractivity contribution in [1.29, 1.82) is 0 Å². The van der Waals surface area contributed by atoms with Crippen molar-refractivity contribution in [3.8, 4) is 0 Å². The quantitative estimate of drug-likeness (QED) is 0.432. The predicted octanol–water partition coefficient (Wildman–Crippen LogP) is 6.40. The van der Waals surface area contributed by atoms with Crippen LogP contribution in [0.1, 0.15) is 28.3 Å². The van der Waals surface area contributed by atoms with E-state index in [9.17, 15) is 0 Å². The number of halogens is 3. The third-order valence-electron chi connectivity index (χ3n) is 5.56. The summed E-state index contributed by atoms with van der Waals surface area (Å²) in [7, 11) is 0. The third-order valence-corrected chi connectivity index (χ3v) is 5.81. The van der Waals surface area contributed by atoms with Crippen LogP contribution in [0, 0.1) is 6.92 Å². The largest absolute Gasteiger partial charge is 0.297 e. The summed E-state index contributed by atoms with van der Waals surface area (Å²) in [6.07, 6.45) is 0. The van der Waals surface area contributed by atoms with Crippen LogP contribution < -0.4 is 0 Å². The molecule has 0 bridgehead atoms. The number of benzene rings is 3. The van der Waals surface area contributed by atoms with Gasteiger partial charge in [0.25, 0.3) is 0 Å². The van der Waals surface area contributed by atoms with E-state index in [-0.39, 0.29) is 30.9 Å². The molecule has 1 heterocycles. The SMILES string of the molecule is Cc1cccc(CN2CCN([C@@H](c3ccccc3)c3ccc(Cl)cc3)CC2)c1.Cl.Cl. The van der Waals surface area contributed by atoms with Gasteiger partial charge in [0, 0.05) is 37.7 Å². The number of piperazine rings is 1. The maximum absolute atomic E-state index is 6.14. The van der Waals surface area contributed by atoms with Crippen molar-refractivity contribution >= 4 is 36.4 Å². The van der Waals surface area contributed by atoms with Crippen molar-refractivity contribution < 1.29 is 0 Å². The van der Waals surface area contributed by atoms with Gasteiger partial charge < -0.3 is 0 Å². The van der Waals surface area contributed by atoms with E-state index in [1.165, 1.54) is 22.3 Å². The Bertz CT molecular complexity index is 892. The van der Waals surface area contributed by atoms with E-state index in [4.69, 9.17) is 11.6 Å². The molecule has 160 valence electrons. The van der Waals surface area contributed by atoms with E-state index in [0.717, 1.165) is 37.7 Å². The summed E-state index contributed by atoms with van der Waals surface area (Å²) in [6, 6.07) is 28.3. The molecule has 0 unspecified atom stereocenters. The smallest absolute Gasteiger partial charge is 0.0602 e. The highest BCUT2D eigenvalue weighted by Gasteiger charge is 2.26. The fraction of sp³-hybridized carbons (Fsp3) is 0.280. The van der Waals surface area contributed by atoms with Crippen LogP contribution in [-0.4, -0.2) is 36.0 Å². The van der Waals surface area contributed by atoms with Gasteiger partial charge >= 0.3 is 0 Å². The Labute approximate surface area is 197 Å². The van der Waals surface area contributed by atoms with Crippen LogP contribution in [0.4, 0.5) is 0 Å². The number of aryl methyl sites for hydroxylation is 1. The molecule has 30 heavy (non-hydrogen) atoms. The molecule has 0 aromatic heterocycles. The summed E-state index contributed by atoms with van der Waals surface area (Å²) in [5.41, 5.74) is 5.40. The predicted molar refractivity (Wildman–Crippen MR) is 132 cm³/mol. The first-order valence-electron chi connectivity index (χ1n) is 10.0. The maximum atomic E-state index is 6.14. The van der Waals surface area contributed by atoms with Gasteiger partial charge in [-0.05, 0) is 35.7 Å². The van der Waals surface area contributed by atoms with E-state index in [1.54, 1.807) is 0 Å². The first-order chi connectivity index (χ1) is 13.7. The lowest BCUT2D eigenvalue weighted by molar-refractivity contribution is 0.105. The van der Waals surface area contributed by atoms with Crippen molar-refractivity contribution in [1.82, 2.24) is 9.80 Å². The maximum Gasteiger partial charge on any atom is 0.0602 e. The Morgan fingerprint density at radius 3 is 2.03 bits per heavy atom. The van der Waals surface area contributed by atoms with Crippen LogP contribution >= 0.6 is 36.4 Å². The lowest BCUT2D eigenvalue weighted by Crippen LogP contribution is -2.47. The summed E-state index contributed by atoms with van der Waals surface area (Å²) < 4.78 is 0. The Kier molecular flexibility index (Phi) is 9.67. The number of hydrogen-bond donors (Lipinski definition) is 0. The number of nitrogens with zero attached hydrogens (tertiary/aromatic N) is 2. The molecule has 2 nitrogen and oxygen atoms in total. The summed E-state index contributed by atoms with van der Waals surface area (Å²) >= 11 is 6.14. The second-order valence-corrected chi connectivity index (χ2v) is 8.10. The Hall–Kier alpha value is -1.55. The molecule has 1 atom stereocenters. The Morgan fingerprint density at radius 2 is 1.40 bits per heavy atom. The minimum atomic E-state index is 0. The third kappa shape index (κ3) is 6.23. The van der Waals surface area contributed by atoms with Gasteiger partial charge in [-0.15, -0.1) is 24.8 Å². The molecule has 0 aliphatic carbocycles. The second kappa shape index (κ2) is 11.7. The van der Waals surface area contributed by atoms with Crippen LogP contribution in [0.25, 0.3) is 0 Å². The Morgan fingerprint density at radius 1 is 0.767 bits per heavy atom. The molecule has 1 saturated heterocycles. The summed E-state index contributed by atoms with van der Waals surface area (Å²) in [4.78, 5) is 5.17. The lowest BCUT2D eigenvalue weighted by atomic mass is 9.96. The summed E-state index contributed by atoms with van der Waals surface area (Å²) in [5.74, 6) is 0. The molecule has 0 spiro atoms. The van der Waals surface area contributed by atoms with Gasteiger partial charge in [-0.3, -0.25) is 9.80 Å². The standard InChI is InChI=1S/C25H27ClN2.2ClH/c1-20-6-5-7-21(18-20)19-27-14-16-28(17-15-27)25(22-8-3-2-4-9-22)23-10-12-24(26)13-11-23;;/h2-13,18,25H,14-17,19H2,1H3;2*1H/t25-;;/m0../s1. The molecule has 0 saturated carbocycles. The molecule has 1 aliphatic rings. The van der Waals surface area contributed by atoms with Crippen molar-refractivity contribution in [2.45, 2.75) is 19.5 Å². The van der Waals surface area contributed by atoms with Gasteiger partial charge in [0.05, 0.1) is 6.04 Å². The van der Waals surface area contributed by atoms with Gasteiger partial charge in [0.1, 0.15) is 0 Å². The van der Waals surface area contributed by atoms with Crippen molar-refractivity contribution in [2.24, 2.45) is 0 Å². The van der Waals surface area contributed by atoms with E-state index in [1.807, 2.05) is 12.1 Å². The monoisotopic (exact) mass is 462 g/mol. The normalized spacial score (nSPS) is 15.7. The molecule has 0 amide bonds. The van der Waals surface area contributed by atoms with Gasteiger partial charge in [-0.2, -0.15) is 0 Å². The molecule has 1 aliphatic heterocycles. The molecular formula is C25H29Cl3N2. The highest BCUT2D eigenvalue weighted by molar-refractivity contribution is 6.30. The fourth-order valence-electron chi connectivity index (χ4n) is 4.14. The molecule has 4 rings (SSSR count). The van der Waals surface area contributed by atoms with E-state index < -0.39 is 0 Å². The first-order valence-corrected chi connectivity index (χ1v) is 10.4. The van der Waals surface area contributed by atoms with Gasteiger partial charge in [-0.1, -0.05) is 83.9 Å². The minimum absolute atomic E-state index is 0. The van der Waals surface area contributed by atoms with Crippen LogP contribution in [0.5, 0.6) is 0 Å². The molecule has 5 heteroatoms.